The first-order valence-corrected chi connectivity index (χ1v) is 13.0. The summed E-state index contributed by atoms with van der Waals surface area (Å²) in [7, 11) is 0. The number of hydrogen-bond acceptors (Lipinski definition) is 5. The van der Waals surface area contributed by atoms with E-state index in [2.05, 4.69) is 16.0 Å². The van der Waals surface area contributed by atoms with Gasteiger partial charge in [-0.1, -0.05) is 25.3 Å². The molecule has 3 heterocycles. The number of amides is 2. The van der Waals surface area contributed by atoms with Crippen LogP contribution in [0.4, 0.5) is 5.69 Å². The number of benzene rings is 1. The highest BCUT2D eigenvalue weighted by Crippen LogP contribution is 2.28. The Morgan fingerprint density at radius 2 is 1.83 bits per heavy atom. The summed E-state index contributed by atoms with van der Waals surface area (Å²) in [5.74, 6) is -0.00951. The van der Waals surface area contributed by atoms with Gasteiger partial charge in [-0.2, -0.15) is 0 Å². The Labute approximate surface area is 208 Å². The molecule has 4 rings (SSSR count). The van der Waals surface area contributed by atoms with E-state index in [0.717, 1.165) is 62.0 Å². The minimum atomic E-state index is -0.112. The quantitative estimate of drug-likeness (QED) is 0.719. The van der Waals surface area contributed by atoms with Crippen LogP contribution in [0.3, 0.4) is 0 Å². The first-order chi connectivity index (χ1) is 17.1. The molecule has 188 valence electrons. The number of carbonyl (C=O) groups is 2. The predicted molar refractivity (Wildman–Crippen MR) is 137 cm³/mol. The van der Waals surface area contributed by atoms with Gasteiger partial charge in [0.05, 0.1) is 12.6 Å². The van der Waals surface area contributed by atoms with Gasteiger partial charge in [0.25, 0.3) is 5.91 Å². The third kappa shape index (κ3) is 6.47. The maximum Gasteiger partial charge on any atom is 0.254 e. The molecule has 1 saturated heterocycles. The van der Waals surface area contributed by atoms with Crippen LogP contribution in [0.5, 0.6) is 0 Å². The lowest BCUT2D eigenvalue weighted by Crippen LogP contribution is -2.38. The van der Waals surface area contributed by atoms with Crippen molar-refractivity contribution in [1.82, 2.24) is 14.8 Å². The largest absolute Gasteiger partial charge is 0.394 e. The van der Waals surface area contributed by atoms with E-state index in [1.807, 2.05) is 35.4 Å². The van der Waals surface area contributed by atoms with Gasteiger partial charge in [-0.3, -0.25) is 19.5 Å². The third-order valence-electron chi connectivity index (χ3n) is 7.23. The summed E-state index contributed by atoms with van der Waals surface area (Å²) in [6, 6.07) is 9.71. The highest BCUT2D eigenvalue weighted by atomic mass is 16.3. The Bertz CT molecular complexity index is 997. The zero-order chi connectivity index (χ0) is 24.6. The van der Waals surface area contributed by atoms with Crippen molar-refractivity contribution in [3.63, 3.8) is 0 Å². The Hall–Kier alpha value is -2.77. The zero-order valence-electron chi connectivity index (χ0n) is 20.9. The molecular formula is C28H38N4O3. The number of rotatable bonds is 4. The molecule has 1 N–H and O–H groups in total. The fourth-order valence-corrected chi connectivity index (χ4v) is 5.36. The maximum absolute atomic E-state index is 13.4. The average Bonchev–Trinajstić information content (AvgIpc) is 3.34. The van der Waals surface area contributed by atoms with Crippen LogP contribution in [-0.2, 0) is 17.9 Å². The molecule has 0 radical (unpaired) electrons. The fraction of sp³-hybridized carbons (Fsp3) is 0.536. The van der Waals surface area contributed by atoms with Crippen molar-refractivity contribution in [3.05, 3.63) is 59.4 Å². The molecule has 2 amide bonds. The fourth-order valence-electron chi connectivity index (χ4n) is 5.36. The van der Waals surface area contributed by atoms with E-state index < -0.39 is 0 Å². The van der Waals surface area contributed by atoms with Gasteiger partial charge in [-0.05, 0) is 67.6 Å². The Morgan fingerprint density at radius 1 is 1.03 bits per heavy atom. The highest BCUT2D eigenvalue weighted by molar-refractivity contribution is 5.97. The van der Waals surface area contributed by atoms with Gasteiger partial charge in [0.2, 0.25) is 5.91 Å². The van der Waals surface area contributed by atoms with Crippen LogP contribution < -0.4 is 4.90 Å². The molecule has 0 saturated carbocycles. The molecule has 2 aliphatic rings. The minimum absolute atomic E-state index is 0.00627. The monoisotopic (exact) mass is 478 g/mol. The number of nitrogens with zero attached hydrogens (tertiary/aromatic N) is 4. The average molecular weight is 479 g/mol. The second-order valence-corrected chi connectivity index (χ2v) is 9.83. The third-order valence-corrected chi connectivity index (χ3v) is 7.23. The molecule has 35 heavy (non-hydrogen) atoms. The molecule has 0 aliphatic carbocycles. The molecule has 2 aliphatic heterocycles. The summed E-state index contributed by atoms with van der Waals surface area (Å²) in [4.78, 5) is 36.4. The van der Waals surface area contributed by atoms with E-state index in [9.17, 15) is 14.7 Å². The lowest BCUT2D eigenvalue weighted by Gasteiger charge is -2.30. The van der Waals surface area contributed by atoms with Gasteiger partial charge >= 0.3 is 0 Å². The lowest BCUT2D eigenvalue weighted by atomic mass is 10.0. The molecule has 0 spiro atoms. The number of anilines is 1. The molecule has 1 unspecified atom stereocenters. The molecule has 1 aromatic carbocycles. The summed E-state index contributed by atoms with van der Waals surface area (Å²) >= 11 is 0. The SMILES string of the molecule is CC(=O)N1CCCCCCCN(Cc2cccnc2)Cc2cc(C(=O)N3CCCC3CO)ccc21. The van der Waals surface area contributed by atoms with Crippen LogP contribution in [0.2, 0.25) is 0 Å². The molecule has 0 bridgehead atoms. The van der Waals surface area contributed by atoms with E-state index >= 15 is 0 Å². The molecule has 7 nitrogen and oxygen atoms in total. The van der Waals surface area contributed by atoms with Crippen molar-refractivity contribution in [2.75, 3.05) is 31.1 Å². The van der Waals surface area contributed by atoms with Crippen molar-refractivity contribution in [2.45, 2.75) is 71.0 Å². The number of carbonyl (C=O) groups excluding carboxylic acids is 2. The highest BCUT2D eigenvalue weighted by Gasteiger charge is 2.29. The maximum atomic E-state index is 13.4. The van der Waals surface area contributed by atoms with E-state index in [0.29, 0.717) is 25.2 Å². The Kier molecular flexibility index (Phi) is 8.88. The summed E-state index contributed by atoms with van der Waals surface area (Å²) in [5, 5.41) is 9.72. The van der Waals surface area contributed by atoms with Crippen molar-refractivity contribution in [3.8, 4) is 0 Å². The van der Waals surface area contributed by atoms with E-state index in [1.54, 1.807) is 18.0 Å². The van der Waals surface area contributed by atoms with Crippen molar-refractivity contribution in [1.29, 1.82) is 0 Å². The normalized spacial score (nSPS) is 20.1. The van der Waals surface area contributed by atoms with Gasteiger partial charge in [0.1, 0.15) is 0 Å². The van der Waals surface area contributed by atoms with Crippen molar-refractivity contribution < 1.29 is 14.7 Å². The number of aliphatic hydroxyl groups excluding tert-OH is 1. The second-order valence-electron chi connectivity index (χ2n) is 9.83. The summed E-state index contributed by atoms with van der Waals surface area (Å²) in [6.07, 6.45) is 11.0. The summed E-state index contributed by atoms with van der Waals surface area (Å²) in [6.45, 7) is 5.35. The summed E-state index contributed by atoms with van der Waals surface area (Å²) in [5.41, 5.74) is 3.67. The smallest absolute Gasteiger partial charge is 0.254 e. The van der Waals surface area contributed by atoms with Crippen LogP contribution in [0.1, 0.15) is 73.4 Å². The Balaban J connectivity index is 1.68. The van der Waals surface area contributed by atoms with Crippen LogP contribution in [-0.4, -0.2) is 64.0 Å². The molecule has 1 atom stereocenters. The number of aliphatic hydroxyl groups is 1. The first-order valence-electron chi connectivity index (χ1n) is 13.0. The van der Waals surface area contributed by atoms with Crippen LogP contribution in [0, 0.1) is 0 Å². The van der Waals surface area contributed by atoms with E-state index in [-0.39, 0.29) is 24.5 Å². The lowest BCUT2D eigenvalue weighted by molar-refractivity contribution is -0.116. The van der Waals surface area contributed by atoms with Gasteiger partial charge in [0.15, 0.2) is 0 Å². The number of pyridine rings is 1. The van der Waals surface area contributed by atoms with Gasteiger partial charge in [-0.15, -0.1) is 0 Å². The second kappa shape index (κ2) is 12.3. The molecular weight excluding hydrogens is 440 g/mol. The van der Waals surface area contributed by atoms with Gasteiger partial charge in [-0.25, -0.2) is 0 Å². The predicted octanol–water partition coefficient (Wildman–Crippen LogP) is 4.00. The van der Waals surface area contributed by atoms with E-state index in [4.69, 9.17) is 0 Å². The Morgan fingerprint density at radius 3 is 2.57 bits per heavy atom. The van der Waals surface area contributed by atoms with Crippen LogP contribution in [0.25, 0.3) is 0 Å². The zero-order valence-corrected chi connectivity index (χ0v) is 20.9. The van der Waals surface area contributed by atoms with Crippen molar-refractivity contribution in [2.24, 2.45) is 0 Å². The number of likely N-dealkylation sites (tertiary alicyclic amines) is 1. The standard InChI is InChI=1S/C28H38N4O3/c1-22(34)31-15-6-4-2-3-5-14-30(19-23-9-7-13-29-18-23)20-25-17-24(11-12-27(25)31)28(35)32-16-8-10-26(32)21-33/h7,9,11-13,17-18,26,33H,2-6,8,10,14-16,19-21H2,1H3. The molecule has 1 aromatic heterocycles. The van der Waals surface area contributed by atoms with Gasteiger partial charge in [0, 0.05) is 56.7 Å². The van der Waals surface area contributed by atoms with E-state index in [1.165, 1.54) is 12.8 Å². The minimum Gasteiger partial charge on any atom is -0.394 e. The summed E-state index contributed by atoms with van der Waals surface area (Å²) < 4.78 is 0. The number of hydrogen-bond donors (Lipinski definition) is 1. The van der Waals surface area contributed by atoms with Gasteiger partial charge < -0.3 is 14.9 Å². The molecule has 7 heteroatoms. The van der Waals surface area contributed by atoms with Crippen LogP contribution >= 0.6 is 0 Å². The number of aromatic nitrogens is 1. The number of fused-ring (bicyclic) bond motifs is 1. The molecule has 1 fully saturated rings. The molecule has 2 aromatic rings. The topological polar surface area (TPSA) is 77.0 Å². The van der Waals surface area contributed by atoms with Crippen LogP contribution in [0.15, 0.2) is 42.7 Å². The first kappa shape index (κ1) is 25.3. The van der Waals surface area contributed by atoms with Crippen molar-refractivity contribution >= 4 is 17.5 Å².